The Morgan fingerprint density at radius 2 is 1.57 bits per heavy atom. The molecule has 0 heterocycles. The topological polar surface area (TPSA) is 38.7 Å². The molecule has 2 aromatic rings. The van der Waals surface area contributed by atoms with Crippen LogP contribution < -0.4 is 0 Å². The third-order valence-corrected chi connectivity index (χ3v) is 11.1. The number of aryl methyl sites for hydroxylation is 1. The molecule has 0 spiro atoms. The maximum absolute atomic E-state index is 8.99. The first kappa shape index (κ1) is 26.4. The van der Waals surface area contributed by atoms with Gasteiger partial charge in [-0.1, -0.05) is 46.2 Å². The van der Waals surface area contributed by atoms with E-state index in [0.29, 0.717) is 34.0 Å². The molecule has 1 N–H and O–H groups in total. The lowest BCUT2D eigenvalue weighted by molar-refractivity contribution is 0.280. The van der Waals surface area contributed by atoms with Crippen molar-refractivity contribution in [2.45, 2.75) is 25.7 Å². The van der Waals surface area contributed by atoms with Gasteiger partial charge in [0.05, 0.1) is 23.3 Å². The highest BCUT2D eigenvalue weighted by Crippen LogP contribution is 2.62. The van der Waals surface area contributed by atoms with Crippen molar-refractivity contribution in [2.24, 2.45) is 0 Å². The van der Waals surface area contributed by atoms with Crippen molar-refractivity contribution in [3.05, 3.63) is 57.0 Å². The molecule has 0 aliphatic heterocycles. The van der Waals surface area contributed by atoms with E-state index in [-0.39, 0.29) is 0 Å². The summed E-state index contributed by atoms with van der Waals surface area (Å²) in [7, 11) is 0. The molecule has 0 aliphatic carbocycles. The quantitative estimate of drug-likeness (QED) is 0.214. The Morgan fingerprint density at radius 1 is 1.00 bits per heavy atom. The first-order chi connectivity index (χ1) is 13.2. The number of hydrogen-bond donors (Lipinski definition) is 1. The fourth-order valence-electron chi connectivity index (χ4n) is 1.79. The van der Waals surface area contributed by atoms with Gasteiger partial charge < -0.3 is 14.2 Å². The van der Waals surface area contributed by atoms with Crippen LogP contribution in [0.15, 0.2) is 41.3 Å². The lowest BCUT2D eigenvalue weighted by atomic mass is 10.2. The van der Waals surface area contributed by atoms with Gasteiger partial charge >= 0.3 is 0 Å². The molecule has 0 aromatic heterocycles. The number of aromatic hydroxyl groups is 1. The number of hydrogen-bond acceptors (Lipinski definition) is 6. The standard InChI is InChI=1S/C11H15Cl2O2PS3.C7H7ClO/c1-3-14-16(17,15-4-2)19-8-18-11-7-9(12)5-6-10(11)13;1-5-4-6(8)2-3-7(5)9/h5-7H,3-4,8H2,1-2H3;2-4,9H,1H3. The third-order valence-electron chi connectivity index (χ3n) is 3.05. The summed E-state index contributed by atoms with van der Waals surface area (Å²) in [6.45, 7) is 6.77. The van der Waals surface area contributed by atoms with Crippen LogP contribution in [0.2, 0.25) is 15.1 Å². The van der Waals surface area contributed by atoms with Crippen LogP contribution in [0.1, 0.15) is 19.4 Å². The zero-order chi connectivity index (χ0) is 21.2. The van der Waals surface area contributed by atoms with E-state index in [2.05, 4.69) is 0 Å². The van der Waals surface area contributed by atoms with Crippen LogP contribution in [-0.4, -0.2) is 23.4 Å². The molecule has 10 heteroatoms. The summed E-state index contributed by atoms with van der Waals surface area (Å²) in [5.41, 5.74) is -1.42. The third kappa shape index (κ3) is 9.92. The first-order valence-corrected chi connectivity index (χ1v) is 14.6. The van der Waals surface area contributed by atoms with Crippen molar-refractivity contribution in [1.29, 1.82) is 0 Å². The van der Waals surface area contributed by atoms with Crippen molar-refractivity contribution in [1.82, 2.24) is 0 Å². The Kier molecular flexibility index (Phi) is 12.9. The second kappa shape index (κ2) is 13.6. The normalized spacial score (nSPS) is 11.1. The zero-order valence-corrected chi connectivity index (χ0v) is 21.3. The maximum Gasteiger partial charge on any atom is 0.248 e. The lowest BCUT2D eigenvalue weighted by Crippen LogP contribution is -1.92. The minimum absolute atomic E-state index is 0.291. The molecule has 0 atom stereocenters. The minimum Gasteiger partial charge on any atom is -0.508 e. The Morgan fingerprint density at radius 3 is 2.11 bits per heavy atom. The van der Waals surface area contributed by atoms with Gasteiger partial charge in [-0.3, -0.25) is 0 Å². The average Bonchev–Trinajstić information content (AvgIpc) is 2.62. The van der Waals surface area contributed by atoms with Crippen LogP contribution in [0.25, 0.3) is 0 Å². The van der Waals surface area contributed by atoms with Gasteiger partial charge in [-0.15, -0.1) is 11.8 Å². The highest BCUT2D eigenvalue weighted by atomic mass is 35.5. The molecule has 0 fully saturated rings. The number of phenolic OH excluding ortho intramolecular Hbond substituents is 1. The molecule has 0 saturated heterocycles. The van der Waals surface area contributed by atoms with E-state index in [4.69, 9.17) is 60.8 Å². The van der Waals surface area contributed by atoms with Gasteiger partial charge in [0, 0.05) is 14.9 Å². The van der Waals surface area contributed by atoms with Crippen LogP contribution in [0.5, 0.6) is 5.75 Å². The van der Waals surface area contributed by atoms with E-state index in [1.807, 2.05) is 19.9 Å². The van der Waals surface area contributed by atoms with Crippen molar-refractivity contribution in [3.8, 4) is 5.75 Å². The van der Waals surface area contributed by atoms with Crippen LogP contribution in [-0.2, 0) is 20.9 Å². The van der Waals surface area contributed by atoms with Crippen LogP contribution >= 0.6 is 63.6 Å². The molecular weight excluding hydrogens is 498 g/mol. The van der Waals surface area contributed by atoms with Gasteiger partial charge in [0.2, 0.25) is 5.69 Å². The summed E-state index contributed by atoms with van der Waals surface area (Å²) >= 11 is 26.2. The molecule has 28 heavy (non-hydrogen) atoms. The van der Waals surface area contributed by atoms with Gasteiger partial charge in [-0.05, 0) is 74.5 Å². The van der Waals surface area contributed by atoms with E-state index in [9.17, 15) is 0 Å². The number of rotatable bonds is 8. The fourth-order valence-corrected chi connectivity index (χ4v) is 9.55. The lowest BCUT2D eigenvalue weighted by Gasteiger charge is -2.19. The van der Waals surface area contributed by atoms with E-state index < -0.39 is 5.69 Å². The Hall–Kier alpha value is 0.380. The molecule has 2 rings (SSSR count). The summed E-state index contributed by atoms with van der Waals surface area (Å²) in [5, 5.41) is 11.7. The Balaban J connectivity index is 0.000000362. The zero-order valence-electron chi connectivity index (χ0n) is 15.7. The van der Waals surface area contributed by atoms with Gasteiger partial charge in [0.25, 0.3) is 0 Å². The van der Waals surface area contributed by atoms with Gasteiger partial charge in [-0.2, -0.15) is 0 Å². The fraction of sp³-hybridized carbons (Fsp3) is 0.333. The summed E-state index contributed by atoms with van der Waals surface area (Å²) in [4.78, 5) is 0.941. The second-order valence-corrected chi connectivity index (χ2v) is 14.2. The summed E-state index contributed by atoms with van der Waals surface area (Å²) in [6, 6.07) is 10.4. The second-order valence-electron chi connectivity index (χ2n) is 5.18. The van der Waals surface area contributed by atoms with Crippen molar-refractivity contribution in [2.75, 3.05) is 18.3 Å². The Labute approximate surface area is 195 Å². The predicted molar refractivity (Wildman–Crippen MR) is 130 cm³/mol. The van der Waals surface area contributed by atoms with Gasteiger partial charge in [0.1, 0.15) is 5.75 Å². The molecular formula is C18H22Cl3O3PS3. The minimum atomic E-state index is -2.23. The monoisotopic (exact) mass is 518 g/mol. The van der Waals surface area contributed by atoms with Crippen molar-refractivity contribution < 1.29 is 14.2 Å². The Bertz CT molecular complexity index is 799. The number of benzene rings is 2. The van der Waals surface area contributed by atoms with Crippen LogP contribution in [0, 0.1) is 6.92 Å². The molecule has 0 aliphatic rings. The number of phenols is 1. The SMILES string of the molecule is CCOP(=S)(OCC)SCSc1cc(Cl)ccc1Cl.Cc1cc(Cl)ccc1O. The molecule has 0 radical (unpaired) electrons. The number of halogens is 3. The summed E-state index contributed by atoms with van der Waals surface area (Å²) < 4.78 is 11.1. The van der Waals surface area contributed by atoms with E-state index in [1.54, 1.807) is 49.0 Å². The molecule has 156 valence electrons. The van der Waals surface area contributed by atoms with Crippen LogP contribution in [0.3, 0.4) is 0 Å². The predicted octanol–water partition coefficient (Wildman–Crippen LogP) is 8.43. The first-order valence-electron chi connectivity index (χ1n) is 8.27. The van der Waals surface area contributed by atoms with E-state index in [1.165, 1.54) is 11.4 Å². The highest BCUT2D eigenvalue weighted by Gasteiger charge is 2.19. The summed E-state index contributed by atoms with van der Waals surface area (Å²) in [5.74, 6) is 0.291. The largest absolute Gasteiger partial charge is 0.508 e. The van der Waals surface area contributed by atoms with E-state index in [0.717, 1.165) is 15.5 Å². The molecule has 3 nitrogen and oxygen atoms in total. The van der Waals surface area contributed by atoms with Crippen molar-refractivity contribution in [3.63, 3.8) is 0 Å². The highest BCUT2D eigenvalue weighted by molar-refractivity contribution is 8.69. The molecule has 0 bridgehead atoms. The summed E-state index contributed by atoms with van der Waals surface area (Å²) in [6.07, 6.45) is 0. The molecule has 0 amide bonds. The number of thioether (sulfide) groups is 1. The van der Waals surface area contributed by atoms with Crippen LogP contribution in [0.4, 0.5) is 0 Å². The van der Waals surface area contributed by atoms with Gasteiger partial charge in [0.15, 0.2) is 0 Å². The molecule has 0 unspecified atom stereocenters. The molecule has 2 aromatic carbocycles. The maximum atomic E-state index is 8.99. The molecule has 0 saturated carbocycles. The average molecular weight is 520 g/mol. The van der Waals surface area contributed by atoms with Gasteiger partial charge in [-0.25, -0.2) is 0 Å². The van der Waals surface area contributed by atoms with E-state index >= 15 is 0 Å². The van der Waals surface area contributed by atoms with Crippen molar-refractivity contribution >= 4 is 75.4 Å². The smallest absolute Gasteiger partial charge is 0.248 e.